The second-order valence-corrected chi connectivity index (χ2v) is 8.66. The Labute approximate surface area is 210 Å². The van der Waals surface area contributed by atoms with Gasteiger partial charge in [0.15, 0.2) is 11.7 Å². The molecule has 1 aliphatic heterocycles. The molecule has 1 heterocycles. The molecule has 2 aromatic carbocycles. The summed E-state index contributed by atoms with van der Waals surface area (Å²) in [6, 6.07) is 8.80. The predicted molar refractivity (Wildman–Crippen MR) is 123 cm³/mol. The first-order valence-electron chi connectivity index (χ1n) is 10.8. The molecular weight excluding hydrogens is 508 g/mol. The topological polar surface area (TPSA) is 79.6 Å². The molecule has 6 nitrogen and oxygen atoms in total. The van der Waals surface area contributed by atoms with E-state index in [0.717, 1.165) is 37.5 Å². The molecule has 1 aliphatic rings. The zero-order valence-corrected chi connectivity index (χ0v) is 19.9. The van der Waals surface area contributed by atoms with E-state index in [1.54, 1.807) is 11.0 Å². The van der Waals surface area contributed by atoms with E-state index in [1.807, 2.05) is 0 Å². The van der Waals surface area contributed by atoms with E-state index in [4.69, 9.17) is 32.7 Å². The Morgan fingerprint density at radius 2 is 1.74 bits per heavy atom. The van der Waals surface area contributed by atoms with Crippen LogP contribution in [0.1, 0.15) is 31.2 Å². The van der Waals surface area contributed by atoms with Gasteiger partial charge in [0.05, 0.1) is 28.3 Å². The smallest absolute Gasteiger partial charge is 0.416 e. The third-order valence-corrected chi connectivity index (χ3v) is 5.97. The minimum Gasteiger partial charge on any atom is -0.491 e. The average Bonchev–Trinajstić information content (AvgIpc) is 2.82. The number of alkyl halides is 3. The molecule has 1 unspecified atom stereocenters. The second-order valence-electron chi connectivity index (χ2n) is 7.85. The SMILES string of the molecule is N#CC(C(=O)CCOc1cc(Oc2ccc(C(F)(F)F)cc2Cl)ccc1Cl)C(=O)N1CCCCC1. The molecule has 1 amide bonds. The summed E-state index contributed by atoms with van der Waals surface area (Å²) in [5.41, 5.74) is -0.908. The first-order valence-corrected chi connectivity index (χ1v) is 11.5. The third-order valence-electron chi connectivity index (χ3n) is 5.36. The summed E-state index contributed by atoms with van der Waals surface area (Å²) in [5.74, 6) is -2.09. The van der Waals surface area contributed by atoms with Crippen LogP contribution in [0.15, 0.2) is 36.4 Å². The third kappa shape index (κ3) is 7.03. The molecule has 1 saturated heterocycles. The van der Waals surface area contributed by atoms with Crippen molar-refractivity contribution in [2.24, 2.45) is 5.92 Å². The van der Waals surface area contributed by atoms with Crippen molar-refractivity contribution < 1.29 is 32.2 Å². The molecule has 0 bridgehead atoms. The highest BCUT2D eigenvalue weighted by Crippen LogP contribution is 2.38. The number of ketones is 1. The Kier molecular flexibility index (Phi) is 8.87. The number of nitriles is 1. The van der Waals surface area contributed by atoms with Crippen molar-refractivity contribution in [1.29, 1.82) is 5.26 Å². The van der Waals surface area contributed by atoms with Crippen LogP contribution in [0.2, 0.25) is 10.0 Å². The van der Waals surface area contributed by atoms with Crippen LogP contribution in [0.5, 0.6) is 17.2 Å². The van der Waals surface area contributed by atoms with E-state index >= 15 is 0 Å². The summed E-state index contributed by atoms with van der Waals surface area (Å²) < 4.78 is 49.6. The molecule has 3 rings (SSSR count). The number of rotatable bonds is 8. The summed E-state index contributed by atoms with van der Waals surface area (Å²) in [4.78, 5) is 26.5. The van der Waals surface area contributed by atoms with E-state index < -0.39 is 29.3 Å². The van der Waals surface area contributed by atoms with Crippen LogP contribution in [-0.2, 0) is 15.8 Å². The number of halogens is 5. The van der Waals surface area contributed by atoms with Gasteiger partial charge < -0.3 is 14.4 Å². The van der Waals surface area contributed by atoms with Gasteiger partial charge in [-0.3, -0.25) is 9.59 Å². The number of ether oxygens (including phenoxy) is 2. The molecule has 0 aliphatic carbocycles. The Morgan fingerprint density at radius 1 is 1.03 bits per heavy atom. The Balaban J connectivity index is 1.61. The maximum absolute atomic E-state index is 12.8. The van der Waals surface area contributed by atoms with E-state index in [9.17, 15) is 28.0 Å². The number of piperidine rings is 1. The van der Waals surface area contributed by atoms with Gasteiger partial charge in [-0.25, -0.2) is 0 Å². The largest absolute Gasteiger partial charge is 0.491 e. The van der Waals surface area contributed by atoms with Crippen molar-refractivity contribution in [3.8, 4) is 23.3 Å². The highest BCUT2D eigenvalue weighted by Gasteiger charge is 2.32. The number of carbonyl (C=O) groups excluding carboxylic acids is 2. The molecule has 186 valence electrons. The lowest BCUT2D eigenvalue weighted by atomic mass is 10.00. The van der Waals surface area contributed by atoms with Crippen LogP contribution in [0.3, 0.4) is 0 Å². The zero-order chi connectivity index (χ0) is 25.6. The monoisotopic (exact) mass is 528 g/mol. The molecule has 0 radical (unpaired) electrons. The van der Waals surface area contributed by atoms with Crippen LogP contribution < -0.4 is 9.47 Å². The van der Waals surface area contributed by atoms with Gasteiger partial charge in [-0.05, 0) is 49.6 Å². The molecular formula is C24H21Cl2F3N2O4. The van der Waals surface area contributed by atoms with Gasteiger partial charge in [0.25, 0.3) is 0 Å². The summed E-state index contributed by atoms with van der Waals surface area (Å²) >= 11 is 12.1. The number of amides is 1. The van der Waals surface area contributed by atoms with Crippen molar-refractivity contribution in [2.75, 3.05) is 19.7 Å². The van der Waals surface area contributed by atoms with Gasteiger partial charge in [0, 0.05) is 25.6 Å². The van der Waals surface area contributed by atoms with Crippen molar-refractivity contribution in [2.45, 2.75) is 31.9 Å². The number of carbonyl (C=O) groups is 2. The predicted octanol–water partition coefficient (Wildman–Crippen LogP) is 6.29. The summed E-state index contributed by atoms with van der Waals surface area (Å²) in [7, 11) is 0. The van der Waals surface area contributed by atoms with Crippen molar-refractivity contribution >= 4 is 34.9 Å². The Bertz CT molecular complexity index is 1130. The first kappa shape index (κ1) is 26.6. The number of hydrogen-bond acceptors (Lipinski definition) is 5. The van der Waals surface area contributed by atoms with Gasteiger partial charge in [-0.1, -0.05) is 23.2 Å². The van der Waals surface area contributed by atoms with Crippen molar-refractivity contribution in [1.82, 2.24) is 4.90 Å². The van der Waals surface area contributed by atoms with Crippen LogP contribution in [0.25, 0.3) is 0 Å². The fraction of sp³-hybridized carbons (Fsp3) is 0.375. The van der Waals surface area contributed by atoms with Crippen LogP contribution in [0, 0.1) is 17.2 Å². The molecule has 35 heavy (non-hydrogen) atoms. The number of nitrogens with zero attached hydrogens (tertiary/aromatic N) is 2. The van der Waals surface area contributed by atoms with Crippen LogP contribution in [0.4, 0.5) is 13.2 Å². The molecule has 0 aromatic heterocycles. The number of likely N-dealkylation sites (tertiary alicyclic amines) is 1. The minimum absolute atomic E-state index is 0.00351. The lowest BCUT2D eigenvalue weighted by Crippen LogP contribution is -2.42. The maximum Gasteiger partial charge on any atom is 0.416 e. The normalized spacial score (nSPS) is 14.7. The highest BCUT2D eigenvalue weighted by atomic mass is 35.5. The summed E-state index contributed by atoms with van der Waals surface area (Å²) in [6.45, 7) is 0.923. The fourth-order valence-electron chi connectivity index (χ4n) is 3.51. The summed E-state index contributed by atoms with van der Waals surface area (Å²) in [6.07, 6.45) is -2.03. The number of hydrogen-bond donors (Lipinski definition) is 0. The van der Waals surface area contributed by atoms with Crippen molar-refractivity contribution in [3.05, 3.63) is 52.0 Å². The minimum atomic E-state index is -4.54. The summed E-state index contributed by atoms with van der Waals surface area (Å²) in [5, 5.41) is 9.31. The lowest BCUT2D eigenvalue weighted by molar-refractivity contribution is -0.140. The first-order chi connectivity index (χ1) is 16.6. The van der Waals surface area contributed by atoms with Gasteiger partial charge in [-0.2, -0.15) is 18.4 Å². The molecule has 0 N–H and O–H groups in total. The fourth-order valence-corrected chi connectivity index (χ4v) is 3.90. The van der Waals surface area contributed by atoms with Crippen LogP contribution in [-0.4, -0.2) is 36.3 Å². The van der Waals surface area contributed by atoms with Crippen molar-refractivity contribution in [3.63, 3.8) is 0 Å². The van der Waals surface area contributed by atoms with Gasteiger partial charge in [0.1, 0.15) is 17.2 Å². The number of Topliss-reactive ketones (excluding diaryl/α,β-unsaturated/α-hetero) is 1. The maximum atomic E-state index is 12.8. The van der Waals surface area contributed by atoms with Gasteiger partial charge >= 0.3 is 6.18 Å². The molecule has 1 fully saturated rings. The average molecular weight is 529 g/mol. The molecule has 11 heteroatoms. The molecule has 0 saturated carbocycles. The highest BCUT2D eigenvalue weighted by molar-refractivity contribution is 6.32. The standard InChI is InChI=1S/C24H21Cl2F3N2O4/c25-18-6-5-16(35-21-7-4-15(12-19(21)26)24(27,28)29)13-22(18)34-11-8-20(32)17(14-30)23(33)31-9-2-1-3-10-31/h4-7,12-13,17H,1-3,8-11H2. The zero-order valence-electron chi connectivity index (χ0n) is 18.4. The van der Waals surface area contributed by atoms with Gasteiger partial charge in [0.2, 0.25) is 5.91 Å². The van der Waals surface area contributed by atoms with E-state index in [0.29, 0.717) is 13.1 Å². The van der Waals surface area contributed by atoms with Crippen LogP contribution >= 0.6 is 23.2 Å². The second kappa shape index (κ2) is 11.6. The lowest BCUT2D eigenvalue weighted by Gasteiger charge is -2.28. The Morgan fingerprint density at radius 3 is 2.37 bits per heavy atom. The molecule has 2 aromatic rings. The van der Waals surface area contributed by atoms with E-state index in [2.05, 4.69) is 0 Å². The Hall–Kier alpha value is -2.96. The van der Waals surface area contributed by atoms with E-state index in [1.165, 1.54) is 18.2 Å². The molecule has 0 spiro atoms. The quantitative estimate of drug-likeness (QED) is 0.376. The molecule has 1 atom stereocenters. The number of benzene rings is 2. The van der Waals surface area contributed by atoms with Gasteiger partial charge in [-0.15, -0.1) is 0 Å². The van der Waals surface area contributed by atoms with E-state index in [-0.39, 0.29) is 40.3 Å².